The maximum Gasteiger partial charge on any atom is 0.306 e. The van der Waals surface area contributed by atoms with Crippen molar-refractivity contribution in [3.63, 3.8) is 0 Å². The summed E-state index contributed by atoms with van der Waals surface area (Å²) in [5, 5.41) is 17.4. The van der Waals surface area contributed by atoms with E-state index in [1.165, 1.54) is 23.5 Å². The molecule has 1 aromatic rings. The van der Waals surface area contributed by atoms with Crippen molar-refractivity contribution in [1.82, 2.24) is 15.1 Å². The number of rotatable bonds is 5. The fourth-order valence-electron chi connectivity index (χ4n) is 4.01. The van der Waals surface area contributed by atoms with Gasteiger partial charge in [-0.25, -0.2) is 0 Å². The number of nitro groups is 1. The number of carbonyl (C=O) groups excluding carboxylic acids is 1. The van der Waals surface area contributed by atoms with Crippen LogP contribution in [-0.2, 0) is 11.3 Å². The first-order valence-corrected chi connectivity index (χ1v) is 8.24. The second-order valence-corrected chi connectivity index (χ2v) is 6.71. The Kier molecular flexibility index (Phi) is 6.17. The molecule has 0 aromatic carbocycles. The lowest BCUT2D eigenvalue weighted by Gasteiger charge is -2.43. The Morgan fingerprint density at radius 3 is 2.67 bits per heavy atom. The van der Waals surface area contributed by atoms with E-state index in [2.05, 4.69) is 10.4 Å². The smallest absolute Gasteiger partial charge is 0.306 e. The summed E-state index contributed by atoms with van der Waals surface area (Å²) in [5.41, 5.74) is 6.21. The van der Waals surface area contributed by atoms with Gasteiger partial charge in [-0.05, 0) is 37.5 Å². The molecule has 2 fully saturated rings. The molecule has 2 saturated carbocycles. The van der Waals surface area contributed by atoms with Crippen LogP contribution >= 0.6 is 12.4 Å². The van der Waals surface area contributed by atoms with E-state index < -0.39 is 4.92 Å². The maximum absolute atomic E-state index is 12.3. The average molecular weight is 358 g/mol. The summed E-state index contributed by atoms with van der Waals surface area (Å²) >= 11 is 0. The van der Waals surface area contributed by atoms with E-state index in [0.717, 1.165) is 25.7 Å². The van der Waals surface area contributed by atoms with Crippen LogP contribution in [0.2, 0.25) is 0 Å². The number of nitrogens with one attached hydrogen (secondary N) is 1. The quantitative estimate of drug-likeness (QED) is 0.611. The SMILES string of the molecule is Cl.NC1C2CCCC1CC(C(=O)NCCn1cc([N+](=O)[O-])cn1)C2. The van der Waals surface area contributed by atoms with Crippen LogP contribution in [0, 0.1) is 27.9 Å². The summed E-state index contributed by atoms with van der Waals surface area (Å²) in [6.45, 7) is 0.855. The van der Waals surface area contributed by atoms with Crippen molar-refractivity contribution in [3.05, 3.63) is 22.5 Å². The van der Waals surface area contributed by atoms with E-state index in [1.54, 1.807) is 0 Å². The molecule has 0 spiro atoms. The van der Waals surface area contributed by atoms with Crippen LogP contribution in [0.3, 0.4) is 0 Å². The van der Waals surface area contributed by atoms with E-state index in [9.17, 15) is 14.9 Å². The van der Waals surface area contributed by atoms with Crippen molar-refractivity contribution < 1.29 is 9.72 Å². The molecule has 9 heteroatoms. The molecule has 0 aliphatic heterocycles. The Labute approximate surface area is 146 Å². The van der Waals surface area contributed by atoms with E-state index >= 15 is 0 Å². The molecule has 134 valence electrons. The number of nitrogens with two attached hydrogens (primary N) is 1. The molecule has 0 radical (unpaired) electrons. The highest BCUT2D eigenvalue weighted by atomic mass is 35.5. The molecule has 1 amide bonds. The van der Waals surface area contributed by atoms with E-state index in [1.807, 2.05) is 0 Å². The third kappa shape index (κ3) is 4.05. The molecule has 2 bridgehead atoms. The van der Waals surface area contributed by atoms with Gasteiger partial charge in [-0.3, -0.25) is 19.6 Å². The van der Waals surface area contributed by atoms with Gasteiger partial charge in [0.1, 0.15) is 12.4 Å². The Bertz CT molecular complexity index is 579. The van der Waals surface area contributed by atoms with Crippen molar-refractivity contribution in [3.8, 4) is 0 Å². The van der Waals surface area contributed by atoms with Gasteiger partial charge in [0.05, 0.1) is 11.5 Å². The summed E-state index contributed by atoms with van der Waals surface area (Å²) in [6, 6.07) is 0.262. The molecule has 24 heavy (non-hydrogen) atoms. The summed E-state index contributed by atoms with van der Waals surface area (Å²) in [5.74, 6) is 1.09. The molecule has 2 aliphatic carbocycles. The van der Waals surface area contributed by atoms with Gasteiger partial charge in [0.2, 0.25) is 5.91 Å². The minimum absolute atomic E-state index is 0. The number of halogens is 1. The van der Waals surface area contributed by atoms with Crippen LogP contribution in [0.4, 0.5) is 5.69 Å². The normalized spacial score (nSPS) is 28.7. The topological polar surface area (TPSA) is 116 Å². The first kappa shape index (κ1) is 18.7. The zero-order chi connectivity index (χ0) is 16.4. The summed E-state index contributed by atoms with van der Waals surface area (Å²) in [6.07, 6.45) is 7.86. The largest absolute Gasteiger partial charge is 0.354 e. The van der Waals surface area contributed by atoms with Crippen molar-refractivity contribution in [2.75, 3.05) is 6.54 Å². The number of fused-ring (bicyclic) bond motifs is 2. The minimum Gasteiger partial charge on any atom is -0.354 e. The monoisotopic (exact) mass is 357 g/mol. The highest BCUT2D eigenvalue weighted by molar-refractivity contribution is 5.85. The Hall–Kier alpha value is -1.67. The van der Waals surface area contributed by atoms with Gasteiger partial charge < -0.3 is 11.1 Å². The number of hydrogen-bond acceptors (Lipinski definition) is 5. The van der Waals surface area contributed by atoms with Crippen LogP contribution in [0.1, 0.15) is 32.1 Å². The third-order valence-electron chi connectivity index (χ3n) is 5.25. The first-order chi connectivity index (χ1) is 11.0. The van der Waals surface area contributed by atoms with Gasteiger partial charge >= 0.3 is 5.69 Å². The number of hydrogen-bond donors (Lipinski definition) is 2. The van der Waals surface area contributed by atoms with Crippen LogP contribution in [0.5, 0.6) is 0 Å². The molecule has 1 aromatic heterocycles. The van der Waals surface area contributed by atoms with Gasteiger partial charge in [0.15, 0.2) is 0 Å². The van der Waals surface area contributed by atoms with E-state index in [4.69, 9.17) is 5.73 Å². The minimum atomic E-state index is -0.480. The zero-order valence-electron chi connectivity index (χ0n) is 13.5. The molecule has 2 atom stereocenters. The van der Waals surface area contributed by atoms with Gasteiger partial charge in [-0.15, -0.1) is 12.4 Å². The maximum atomic E-state index is 12.3. The lowest BCUT2D eigenvalue weighted by molar-refractivity contribution is -0.385. The van der Waals surface area contributed by atoms with Crippen molar-refractivity contribution in [1.29, 1.82) is 0 Å². The molecule has 1 heterocycles. The van der Waals surface area contributed by atoms with Gasteiger partial charge in [-0.2, -0.15) is 5.10 Å². The molecule has 3 rings (SSSR count). The fraction of sp³-hybridized carbons (Fsp3) is 0.733. The Morgan fingerprint density at radius 1 is 1.42 bits per heavy atom. The Morgan fingerprint density at radius 2 is 2.08 bits per heavy atom. The second-order valence-electron chi connectivity index (χ2n) is 6.71. The lowest BCUT2D eigenvalue weighted by Crippen LogP contribution is -2.49. The van der Waals surface area contributed by atoms with Crippen molar-refractivity contribution in [2.24, 2.45) is 23.5 Å². The number of amides is 1. The zero-order valence-corrected chi connectivity index (χ0v) is 14.3. The molecular weight excluding hydrogens is 334 g/mol. The Balaban J connectivity index is 0.00000208. The fourth-order valence-corrected chi connectivity index (χ4v) is 4.01. The molecule has 2 aliphatic rings. The molecular formula is C15H24ClN5O3. The number of nitrogens with zero attached hydrogens (tertiary/aromatic N) is 3. The van der Waals surface area contributed by atoms with Gasteiger partial charge in [0, 0.05) is 18.5 Å². The first-order valence-electron chi connectivity index (χ1n) is 8.24. The second kappa shape index (κ2) is 7.94. The lowest BCUT2D eigenvalue weighted by atomic mass is 9.65. The number of aromatic nitrogens is 2. The number of carbonyl (C=O) groups is 1. The van der Waals surface area contributed by atoms with Crippen LogP contribution in [0.15, 0.2) is 12.4 Å². The van der Waals surface area contributed by atoms with Crippen molar-refractivity contribution in [2.45, 2.75) is 44.7 Å². The third-order valence-corrected chi connectivity index (χ3v) is 5.25. The predicted molar refractivity (Wildman–Crippen MR) is 90.7 cm³/mol. The molecule has 8 nitrogen and oxygen atoms in total. The van der Waals surface area contributed by atoms with Gasteiger partial charge in [-0.1, -0.05) is 6.42 Å². The van der Waals surface area contributed by atoms with Crippen LogP contribution in [0.25, 0.3) is 0 Å². The summed E-state index contributed by atoms with van der Waals surface area (Å²) in [4.78, 5) is 22.5. The van der Waals surface area contributed by atoms with Crippen molar-refractivity contribution >= 4 is 24.0 Å². The molecule has 2 unspecified atom stereocenters. The molecule has 3 N–H and O–H groups in total. The molecule has 0 saturated heterocycles. The van der Waals surface area contributed by atoms with E-state index in [0.29, 0.717) is 24.9 Å². The summed E-state index contributed by atoms with van der Waals surface area (Å²) < 4.78 is 1.48. The predicted octanol–water partition coefficient (Wildman–Crippen LogP) is 1.48. The highest BCUT2D eigenvalue weighted by Crippen LogP contribution is 2.41. The van der Waals surface area contributed by atoms with Crippen LogP contribution in [-0.4, -0.2) is 33.2 Å². The highest BCUT2D eigenvalue weighted by Gasteiger charge is 2.40. The van der Waals surface area contributed by atoms with Crippen LogP contribution < -0.4 is 11.1 Å². The van der Waals surface area contributed by atoms with Gasteiger partial charge in [0.25, 0.3) is 0 Å². The average Bonchev–Trinajstić information content (AvgIpc) is 2.96. The summed E-state index contributed by atoms with van der Waals surface area (Å²) in [7, 11) is 0. The standard InChI is InChI=1S/C15H23N5O3.ClH/c16-14-10-2-1-3-11(14)7-12(6-10)15(21)17-4-5-19-9-13(8-18-19)20(22)23;/h8-12,14H,1-7,16H2,(H,17,21);1H. The van der Waals surface area contributed by atoms with E-state index in [-0.39, 0.29) is 36.0 Å².